The smallest absolute Gasteiger partial charge is 0.194 e. The van der Waals surface area contributed by atoms with Crippen molar-refractivity contribution in [3.05, 3.63) is 10.6 Å². The van der Waals surface area contributed by atoms with Crippen LogP contribution in [0.15, 0.2) is 10.6 Å². The summed E-state index contributed by atoms with van der Waals surface area (Å²) in [6.45, 7) is 0.604. The number of ether oxygens (including phenoxy) is 4. The molecule has 2 bridgehead atoms. The van der Waals surface area contributed by atoms with Crippen molar-refractivity contribution < 1.29 is 18.9 Å². The largest absolute Gasteiger partial charge is 0.384 e. The normalized spacial score (nSPS) is 34.9. The molecule has 1 aliphatic carbocycles. The summed E-state index contributed by atoms with van der Waals surface area (Å²) in [5, 5.41) is 0.642. The molecule has 4 nitrogen and oxygen atoms in total. The minimum atomic E-state index is -0.475. The Morgan fingerprint density at radius 3 is 2.38 bits per heavy atom. The molecule has 1 aliphatic heterocycles. The number of rotatable bonds is 4. The van der Waals surface area contributed by atoms with Crippen molar-refractivity contribution in [2.24, 2.45) is 5.92 Å². The Hall–Kier alpha value is -0.130. The molecule has 0 N–H and O–H groups in total. The van der Waals surface area contributed by atoms with Crippen molar-refractivity contribution in [2.75, 3.05) is 27.9 Å². The molecule has 0 spiro atoms. The molecule has 0 aromatic rings. The van der Waals surface area contributed by atoms with Crippen LogP contribution in [0.5, 0.6) is 0 Å². The van der Waals surface area contributed by atoms with Crippen molar-refractivity contribution in [3.8, 4) is 0 Å². The van der Waals surface area contributed by atoms with Gasteiger partial charge in [-0.2, -0.15) is 0 Å². The topological polar surface area (TPSA) is 36.9 Å². The van der Waals surface area contributed by atoms with Gasteiger partial charge in [-0.1, -0.05) is 37.3 Å². The molecule has 0 aromatic carbocycles. The van der Waals surface area contributed by atoms with Crippen LogP contribution >= 0.6 is 11.6 Å². The van der Waals surface area contributed by atoms with Crippen LogP contribution in [-0.4, -0.2) is 46.4 Å². The van der Waals surface area contributed by atoms with Gasteiger partial charge in [-0.3, -0.25) is 0 Å². The summed E-state index contributed by atoms with van der Waals surface area (Å²) in [4.78, 5) is 0. The highest BCUT2D eigenvalue weighted by molar-refractivity contribution is 6.30. The van der Waals surface area contributed by atoms with Gasteiger partial charge in [0.15, 0.2) is 6.29 Å². The molecular weight excluding hydrogens is 292 g/mol. The van der Waals surface area contributed by atoms with E-state index in [2.05, 4.69) is 0 Å². The fourth-order valence-corrected chi connectivity index (χ4v) is 3.86. The molecule has 2 aliphatic rings. The number of methoxy groups -OCH3 is 3. The van der Waals surface area contributed by atoms with E-state index < -0.39 is 6.29 Å². The Balaban J connectivity index is 2.37. The van der Waals surface area contributed by atoms with E-state index >= 15 is 0 Å². The molecule has 0 radical (unpaired) electrons. The quantitative estimate of drug-likeness (QED) is 0.795. The van der Waals surface area contributed by atoms with Crippen LogP contribution in [0.4, 0.5) is 0 Å². The monoisotopic (exact) mass is 318 g/mol. The molecule has 1 fully saturated rings. The van der Waals surface area contributed by atoms with Crippen LogP contribution in [0.2, 0.25) is 0 Å². The van der Waals surface area contributed by atoms with Gasteiger partial charge in [0.25, 0.3) is 0 Å². The molecule has 21 heavy (non-hydrogen) atoms. The molecule has 0 saturated heterocycles. The second-order valence-corrected chi connectivity index (χ2v) is 6.23. The lowest BCUT2D eigenvalue weighted by Gasteiger charge is -2.40. The molecule has 0 amide bonds. The van der Waals surface area contributed by atoms with Crippen LogP contribution in [-0.2, 0) is 18.9 Å². The highest BCUT2D eigenvalue weighted by Gasteiger charge is 2.40. The van der Waals surface area contributed by atoms with Gasteiger partial charge < -0.3 is 18.9 Å². The van der Waals surface area contributed by atoms with Gasteiger partial charge in [-0.15, -0.1) is 0 Å². The van der Waals surface area contributed by atoms with Crippen LogP contribution in [0.3, 0.4) is 0 Å². The maximum Gasteiger partial charge on any atom is 0.194 e. The molecule has 0 unspecified atom stereocenters. The van der Waals surface area contributed by atoms with Crippen LogP contribution in [0.25, 0.3) is 0 Å². The van der Waals surface area contributed by atoms with Crippen LogP contribution < -0.4 is 0 Å². The minimum Gasteiger partial charge on any atom is -0.384 e. The van der Waals surface area contributed by atoms with Crippen molar-refractivity contribution in [2.45, 2.75) is 57.0 Å². The summed E-state index contributed by atoms with van der Waals surface area (Å²) >= 11 is 6.57. The Bertz CT molecular complexity index is 358. The Morgan fingerprint density at radius 2 is 1.76 bits per heavy atom. The molecule has 1 saturated carbocycles. The zero-order valence-corrected chi connectivity index (χ0v) is 14.0. The third kappa shape index (κ3) is 3.99. The maximum atomic E-state index is 6.57. The van der Waals surface area contributed by atoms with Crippen molar-refractivity contribution >= 4 is 11.6 Å². The first kappa shape index (κ1) is 17.2. The highest BCUT2D eigenvalue weighted by atomic mass is 35.5. The van der Waals surface area contributed by atoms with Gasteiger partial charge in [0.2, 0.25) is 0 Å². The van der Waals surface area contributed by atoms with E-state index in [-0.39, 0.29) is 18.1 Å². The van der Waals surface area contributed by atoms with E-state index in [9.17, 15) is 0 Å². The summed E-state index contributed by atoms with van der Waals surface area (Å²) in [7, 11) is 5.11. The van der Waals surface area contributed by atoms with E-state index in [0.717, 1.165) is 24.8 Å². The predicted molar refractivity (Wildman–Crippen MR) is 82.4 cm³/mol. The van der Waals surface area contributed by atoms with Gasteiger partial charge in [-0.05, 0) is 18.4 Å². The Kier molecular flexibility index (Phi) is 6.96. The zero-order chi connectivity index (χ0) is 15.2. The second-order valence-electron chi connectivity index (χ2n) is 5.82. The van der Waals surface area contributed by atoms with Crippen molar-refractivity contribution in [1.29, 1.82) is 0 Å². The van der Waals surface area contributed by atoms with E-state index in [4.69, 9.17) is 30.5 Å². The maximum absolute atomic E-state index is 6.57. The van der Waals surface area contributed by atoms with Crippen molar-refractivity contribution in [3.63, 3.8) is 0 Å². The average molecular weight is 319 g/mol. The zero-order valence-electron chi connectivity index (χ0n) is 13.3. The molecule has 2 rings (SSSR count). The standard InChI is InChI=1S/C16H27ClO4/c1-18-10-11-12-8-6-4-5-7-9-13(19-2)14(11)15(17)16(20-3)21-12/h11-13,16H,4-10H2,1-3H3/t11-,12+,13+,16-/m0/s1. The lowest BCUT2D eigenvalue weighted by Crippen LogP contribution is -2.43. The Labute approximate surface area is 132 Å². The number of halogens is 1. The summed E-state index contributed by atoms with van der Waals surface area (Å²) in [6.07, 6.45) is 6.45. The van der Waals surface area contributed by atoms with E-state index in [1.165, 1.54) is 19.3 Å². The van der Waals surface area contributed by atoms with Gasteiger partial charge in [0.1, 0.15) is 0 Å². The summed E-state index contributed by atoms with van der Waals surface area (Å²) in [5.74, 6) is 0.150. The SMILES string of the molecule is COC[C@@H]1C2=C(Cl)[C@@H](OC)O[C@@H]1CCCCCC[C@H]2OC. The second kappa shape index (κ2) is 8.49. The fourth-order valence-electron chi connectivity index (χ4n) is 3.45. The number of fused-ring (bicyclic) bond motifs is 2. The number of hydrogen-bond donors (Lipinski definition) is 0. The summed E-state index contributed by atoms with van der Waals surface area (Å²) in [6, 6.07) is 0. The first-order valence-corrected chi connectivity index (χ1v) is 8.20. The third-order valence-electron chi connectivity index (χ3n) is 4.53. The van der Waals surface area contributed by atoms with Crippen molar-refractivity contribution in [1.82, 2.24) is 0 Å². The summed E-state index contributed by atoms with van der Waals surface area (Å²) < 4.78 is 22.6. The predicted octanol–water partition coefficient (Wildman–Crippen LogP) is 3.48. The third-order valence-corrected chi connectivity index (χ3v) is 4.92. The average Bonchev–Trinajstić information content (AvgIpc) is 2.49. The Morgan fingerprint density at radius 1 is 1.05 bits per heavy atom. The lowest BCUT2D eigenvalue weighted by atomic mass is 9.82. The van der Waals surface area contributed by atoms with E-state index in [0.29, 0.717) is 11.6 Å². The van der Waals surface area contributed by atoms with E-state index in [1.54, 1.807) is 21.3 Å². The fraction of sp³-hybridized carbons (Fsp3) is 0.875. The first-order valence-electron chi connectivity index (χ1n) is 7.82. The molecular formula is C16H27ClO4. The van der Waals surface area contributed by atoms with Crippen LogP contribution in [0, 0.1) is 5.92 Å². The highest BCUT2D eigenvalue weighted by Crippen LogP contribution is 2.40. The molecule has 122 valence electrons. The lowest BCUT2D eigenvalue weighted by molar-refractivity contribution is -0.161. The summed E-state index contributed by atoms with van der Waals surface area (Å²) in [5.41, 5.74) is 1.12. The van der Waals surface area contributed by atoms with Gasteiger partial charge in [0, 0.05) is 27.2 Å². The minimum absolute atomic E-state index is 0.0276. The van der Waals surface area contributed by atoms with Crippen LogP contribution in [0.1, 0.15) is 38.5 Å². The van der Waals surface area contributed by atoms with E-state index in [1.807, 2.05) is 0 Å². The van der Waals surface area contributed by atoms with Gasteiger partial charge in [0.05, 0.1) is 23.8 Å². The van der Waals surface area contributed by atoms with Gasteiger partial charge in [-0.25, -0.2) is 0 Å². The molecule has 0 aromatic heterocycles. The number of hydrogen-bond acceptors (Lipinski definition) is 4. The van der Waals surface area contributed by atoms with Gasteiger partial charge >= 0.3 is 0 Å². The molecule has 4 atom stereocenters. The molecule has 5 heteroatoms. The molecule has 1 heterocycles. The first-order chi connectivity index (χ1) is 10.2.